The fourth-order valence-electron chi connectivity index (χ4n) is 2.65. The van der Waals surface area contributed by atoms with Gasteiger partial charge in [0.1, 0.15) is 0 Å². The summed E-state index contributed by atoms with van der Waals surface area (Å²) >= 11 is 8.52. The highest BCUT2D eigenvalue weighted by Crippen LogP contribution is 2.25. The van der Waals surface area contributed by atoms with E-state index in [2.05, 4.69) is 10.2 Å². The van der Waals surface area contributed by atoms with E-state index in [0.717, 1.165) is 4.88 Å². The third kappa shape index (κ3) is 5.45. The van der Waals surface area contributed by atoms with Crippen LogP contribution in [0.4, 0.5) is 0 Å². The van der Waals surface area contributed by atoms with Crippen molar-refractivity contribution in [2.24, 2.45) is 5.92 Å². The van der Waals surface area contributed by atoms with Crippen LogP contribution in [0.15, 0.2) is 21.8 Å². The number of hydrogen-bond donors (Lipinski definition) is 0. The van der Waals surface area contributed by atoms with Crippen LogP contribution in [0, 0.1) is 5.92 Å². The molecule has 1 fully saturated rings. The molecule has 1 amide bonds. The number of thiophene rings is 1. The molecule has 0 aliphatic carbocycles. The van der Waals surface area contributed by atoms with Gasteiger partial charge in [0.15, 0.2) is 9.84 Å². The lowest BCUT2D eigenvalue weighted by molar-refractivity contribution is -0.127. The van der Waals surface area contributed by atoms with Crippen LogP contribution in [0.25, 0.3) is 0 Å². The second kappa shape index (κ2) is 8.28. The first kappa shape index (κ1) is 19.7. The SMILES string of the molecule is CN(Cc1ccc(Cl)s1)C(=O)CSc1nnc(CC2CCS(=O)(=O)C2)o1. The quantitative estimate of drug-likeness (QED) is 0.616. The molecule has 2 aromatic heterocycles. The number of hydrogen-bond acceptors (Lipinski definition) is 8. The Kier molecular flexibility index (Phi) is 6.26. The Morgan fingerprint density at radius 2 is 2.27 bits per heavy atom. The van der Waals surface area contributed by atoms with E-state index in [1.807, 2.05) is 12.1 Å². The molecule has 11 heteroatoms. The van der Waals surface area contributed by atoms with Crippen molar-refractivity contribution in [1.29, 1.82) is 0 Å². The van der Waals surface area contributed by atoms with Crippen LogP contribution in [0.3, 0.4) is 0 Å². The summed E-state index contributed by atoms with van der Waals surface area (Å²) in [6, 6.07) is 3.71. The van der Waals surface area contributed by atoms with Gasteiger partial charge in [0.05, 0.1) is 28.1 Å². The predicted molar refractivity (Wildman–Crippen MR) is 101 cm³/mol. The van der Waals surface area contributed by atoms with Gasteiger partial charge in [-0.3, -0.25) is 4.79 Å². The van der Waals surface area contributed by atoms with Gasteiger partial charge in [-0.1, -0.05) is 23.4 Å². The molecule has 0 saturated carbocycles. The number of amides is 1. The lowest BCUT2D eigenvalue weighted by atomic mass is 10.1. The van der Waals surface area contributed by atoms with Crippen molar-refractivity contribution in [3.05, 3.63) is 27.2 Å². The number of sulfone groups is 1. The van der Waals surface area contributed by atoms with Crippen LogP contribution in [0.2, 0.25) is 4.34 Å². The Morgan fingerprint density at radius 3 is 2.92 bits per heavy atom. The smallest absolute Gasteiger partial charge is 0.277 e. The third-order valence-corrected chi connectivity index (χ3v) is 7.86. The highest BCUT2D eigenvalue weighted by Gasteiger charge is 2.29. The molecule has 3 heterocycles. The van der Waals surface area contributed by atoms with E-state index in [9.17, 15) is 13.2 Å². The summed E-state index contributed by atoms with van der Waals surface area (Å²) in [5, 5.41) is 8.20. The summed E-state index contributed by atoms with van der Waals surface area (Å²) in [6.45, 7) is 0.502. The van der Waals surface area contributed by atoms with Gasteiger partial charge in [0, 0.05) is 18.3 Å². The van der Waals surface area contributed by atoms with E-state index in [1.54, 1.807) is 11.9 Å². The minimum Gasteiger partial charge on any atom is -0.416 e. The molecule has 1 saturated heterocycles. The third-order valence-electron chi connectivity index (χ3n) is 4.01. The Bertz CT molecular complexity index is 880. The van der Waals surface area contributed by atoms with Crippen molar-refractivity contribution in [1.82, 2.24) is 15.1 Å². The minimum atomic E-state index is -2.92. The maximum Gasteiger partial charge on any atom is 0.277 e. The maximum atomic E-state index is 12.2. The molecular weight excluding hydrogens is 418 g/mol. The van der Waals surface area contributed by atoms with Gasteiger partial charge in [-0.25, -0.2) is 8.42 Å². The van der Waals surface area contributed by atoms with E-state index >= 15 is 0 Å². The number of thioether (sulfide) groups is 1. The zero-order valence-electron chi connectivity index (χ0n) is 14.1. The molecular formula is C15H18ClN3O4S3. The normalized spacial score (nSPS) is 18.9. The molecule has 26 heavy (non-hydrogen) atoms. The number of rotatable bonds is 7. The largest absolute Gasteiger partial charge is 0.416 e. The Hall–Kier alpha value is -1.10. The molecule has 3 rings (SSSR count). The van der Waals surface area contributed by atoms with E-state index in [1.165, 1.54) is 23.1 Å². The van der Waals surface area contributed by atoms with Gasteiger partial charge in [-0.05, 0) is 24.5 Å². The summed E-state index contributed by atoms with van der Waals surface area (Å²) in [6.07, 6.45) is 1.09. The first-order valence-corrected chi connectivity index (χ1v) is 11.9. The number of carbonyl (C=O) groups is 1. The van der Waals surface area contributed by atoms with Crippen LogP contribution in [0.1, 0.15) is 17.2 Å². The highest BCUT2D eigenvalue weighted by molar-refractivity contribution is 7.99. The maximum absolute atomic E-state index is 12.2. The fraction of sp³-hybridized carbons (Fsp3) is 0.533. The molecule has 0 radical (unpaired) electrons. The van der Waals surface area contributed by atoms with Gasteiger partial charge in [0.2, 0.25) is 11.8 Å². The van der Waals surface area contributed by atoms with Crippen LogP contribution >= 0.6 is 34.7 Å². The van der Waals surface area contributed by atoms with Crippen LogP contribution in [-0.4, -0.2) is 53.7 Å². The van der Waals surface area contributed by atoms with E-state index < -0.39 is 9.84 Å². The summed E-state index contributed by atoms with van der Waals surface area (Å²) in [5.41, 5.74) is 0. The molecule has 0 spiro atoms. The lowest BCUT2D eigenvalue weighted by Gasteiger charge is -2.15. The molecule has 1 atom stereocenters. The van der Waals surface area contributed by atoms with Crippen LogP contribution < -0.4 is 0 Å². The average Bonchev–Trinajstić information content (AvgIpc) is 3.27. The second-order valence-electron chi connectivity index (χ2n) is 6.18. The van der Waals surface area contributed by atoms with Crippen molar-refractivity contribution < 1.29 is 17.6 Å². The molecule has 1 aliphatic rings. The van der Waals surface area contributed by atoms with Gasteiger partial charge >= 0.3 is 0 Å². The van der Waals surface area contributed by atoms with Crippen LogP contribution in [-0.2, 0) is 27.6 Å². The first-order valence-electron chi connectivity index (χ1n) is 7.94. The molecule has 142 valence electrons. The highest BCUT2D eigenvalue weighted by atomic mass is 35.5. The number of carbonyl (C=O) groups excluding carboxylic acids is 1. The molecule has 0 N–H and O–H groups in total. The minimum absolute atomic E-state index is 0.0312. The lowest BCUT2D eigenvalue weighted by Crippen LogP contribution is -2.27. The van der Waals surface area contributed by atoms with E-state index in [0.29, 0.717) is 34.8 Å². The number of aromatic nitrogens is 2. The van der Waals surface area contributed by atoms with Crippen molar-refractivity contribution in [3.8, 4) is 0 Å². The van der Waals surface area contributed by atoms with Crippen molar-refractivity contribution >= 4 is 50.4 Å². The topological polar surface area (TPSA) is 93.4 Å². The van der Waals surface area contributed by atoms with Gasteiger partial charge in [0.25, 0.3) is 5.22 Å². The molecule has 1 unspecified atom stereocenters. The first-order chi connectivity index (χ1) is 12.3. The Labute approximate surface area is 165 Å². The van der Waals surface area contributed by atoms with Crippen molar-refractivity contribution in [3.63, 3.8) is 0 Å². The summed E-state index contributed by atoms with van der Waals surface area (Å²) in [4.78, 5) is 14.8. The number of nitrogens with zero attached hydrogens (tertiary/aromatic N) is 3. The number of halogens is 1. The predicted octanol–water partition coefficient (Wildman–Crippen LogP) is 2.51. The van der Waals surface area contributed by atoms with Crippen LogP contribution in [0.5, 0.6) is 0 Å². The summed E-state index contributed by atoms with van der Waals surface area (Å²) in [5.74, 6) is 0.987. The van der Waals surface area contributed by atoms with Gasteiger partial charge in [-0.15, -0.1) is 21.5 Å². The Morgan fingerprint density at radius 1 is 1.46 bits per heavy atom. The van der Waals surface area contributed by atoms with Gasteiger partial charge < -0.3 is 9.32 Å². The molecule has 7 nitrogen and oxygen atoms in total. The van der Waals surface area contributed by atoms with Crippen molar-refractivity contribution in [2.45, 2.75) is 24.6 Å². The fourth-order valence-corrected chi connectivity index (χ4v) is 6.38. The summed E-state index contributed by atoms with van der Waals surface area (Å²) in [7, 11) is -1.18. The summed E-state index contributed by atoms with van der Waals surface area (Å²) < 4.78 is 29.2. The zero-order chi connectivity index (χ0) is 18.7. The average molecular weight is 436 g/mol. The monoisotopic (exact) mass is 435 g/mol. The van der Waals surface area contributed by atoms with E-state index in [4.69, 9.17) is 16.0 Å². The van der Waals surface area contributed by atoms with E-state index in [-0.39, 0.29) is 29.1 Å². The van der Waals surface area contributed by atoms with Crippen molar-refractivity contribution in [2.75, 3.05) is 24.3 Å². The Balaban J connectivity index is 1.46. The zero-order valence-corrected chi connectivity index (χ0v) is 17.3. The standard InChI is InChI=1S/C15H18ClN3O4S3/c1-19(7-11-2-3-12(16)25-11)14(20)8-24-15-18-17-13(23-15)6-10-4-5-26(21,22)9-10/h2-3,10H,4-9H2,1H3. The molecule has 0 aromatic carbocycles. The molecule has 0 bridgehead atoms. The van der Waals surface area contributed by atoms with Gasteiger partial charge in [-0.2, -0.15) is 0 Å². The second-order valence-corrected chi connectivity index (χ2v) is 11.1. The molecule has 2 aromatic rings. The molecule has 1 aliphatic heterocycles.